The Morgan fingerprint density at radius 3 is 2.75 bits per heavy atom. The highest BCUT2D eigenvalue weighted by Crippen LogP contribution is 2.24. The molecule has 0 aliphatic rings. The summed E-state index contributed by atoms with van der Waals surface area (Å²) in [6, 6.07) is -0.000781. The van der Waals surface area contributed by atoms with Crippen LogP contribution in [0.4, 0.5) is 0 Å². The van der Waals surface area contributed by atoms with Crippen molar-refractivity contribution in [1.29, 1.82) is 0 Å². The molecule has 1 rings (SSSR count). The van der Waals surface area contributed by atoms with Crippen molar-refractivity contribution in [2.75, 3.05) is 13.2 Å². The Morgan fingerprint density at radius 1 is 1.56 bits per heavy atom. The summed E-state index contributed by atoms with van der Waals surface area (Å²) in [6.45, 7) is 8.44. The number of nitrogens with zero attached hydrogens (tertiary/aromatic N) is 1. The number of hydrogen-bond acceptors (Lipinski definition) is 4. The van der Waals surface area contributed by atoms with Crippen LogP contribution < -0.4 is 5.32 Å². The van der Waals surface area contributed by atoms with Gasteiger partial charge in [-0.3, -0.25) is 4.79 Å². The van der Waals surface area contributed by atoms with Crippen molar-refractivity contribution < 1.29 is 9.53 Å². The van der Waals surface area contributed by atoms with Gasteiger partial charge in [0, 0.05) is 11.5 Å². The minimum absolute atomic E-state index is 0.000781. The van der Waals surface area contributed by atoms with Crippen molar-refractivity contribution in [3.05, 3.63) is 15.6 Å². The van der Waals surface area contributed by atoms with Crippen LogP contribution in [0.1, 0.15) is 35.5 Å². The lowest BCUT2D eigenvalue weighted by Gasteiger charge is -2.12. The highest BCUT2D eigenvalue weighted by Gasteiger charge is 2.14. The topological polar surface area (TPSA) is 51.2 Å². The van der Waals surface area contributed by atoms with Crippen LogP contribution in [0.5, 0.6) is 0 Å². The summed E-state index contributed by atoms with van der Waals surface area (Å²) in [5.41, 5.74) is 0.992. The van der Waals surface area contributed by atoms with Crippen molar-refractivity contribution in [2.24, 2.45) is 0 Å². The number of rotatable bonds is 5. The van der Waals surface area contributed by atoms with Gasteiger partial charge in [0.25, 0.3) is 0 Å². The molecule has 16 heavy (non-hydrogen) atoms. The van der Waals surface area contributed by atoms with Gasteiger partial charge in [-0.2, -0.15) is 0 Å². The molecule has 0 radical (unpaired) electrons. The van der Waals surface area contributed by atoms with E-state index in [1.54, 1.807) is 11.3 Å². The van der Waals surface area contributed by atoms with Crippen LogP contribution in [0.2, 0.25) is 0 Å². The first-order chi connectivity index (χ1) is 7.54. The molecule has 4 nitrogen and oxygen atoms in total. The zero-order chi connectivity index (χ0) is 12.1. The number of carbonyl (C=O) groups excluding carboxylic acids is 1. The van der Waals surface area contributed by atoms with Gasteiger partial charge < -0.3 is 10.1 Å². The van der Waals surface area contributed by atoms with Gasteiger partial charge in [0.15, 0.2) is 0 Å². The molecule has 0 spiro atoms. The molecule has 1 N–H and O–H groups in total. The Morgan fingerprint density at radius 2 is 2.25 bits per heavy atom. The molecule has 0 saturated carbocycles. The lowest BCUT2D eigenvalue weighted by Crippen LogP contribution is -2.30. The quantitative estimate of drug-likeness (QED) is 0.859. The third-order valence-electron chi connectivity index (χ3n) is 2.15. The van der Waals surface area contributed by atoms with E-state index in [0.717, 1.165) is 15.6 Å². The Bertz CT molecular complexity index is 363. The highest BCUT2D eigenvalue weighted by atomic mass is 32.1. The Balaban J connectivity index is 2.55. The summed E-state index contributed by atoms with van der Waals surface area (Å²) in [4.78, 5) is 16.9. The molecular formula is C11H18N2O2S. The summed E-state index contributed by atoms with van der Waals surface area (Å²) in [5.74, 6) is -0.0835. The summed E-state index contributed by atoms with van der Waals surface area (Å²) in [6.07, 6.45) is 0. The summed E-state index contributed by atoms with van der Waals surface area (Å²) in [7, 11) is 0. The summed E-state index contributed by atoms with van der Waals surface area (Å²) in [5, 5.41) is 3.92. The average molecular weight is 242 g/mol. The second kappa shape index (κ2) is 5.96. The monoisotopic (exact) mass is 242 g/mol. The maximum atomic E-state index is 11.5. The van der Waals surface area contributed by atoms with E-state index < -0.39 is 0 Å². The van der Waals surface area contributed by atoms with Crippen molar-refractivity contribution in [1.82, 2.24) is 10.3 Å². The molecule has 0 aliphatic heterocycles. The van der Waals surface area contributed by atoms with Gasteiger partial charge in [-0.05, 0) is 27.7 Å². The molecule has 5 heteroatoms. The van der Waals surface area contributed by atoms with Gasteiger partial charge in [-0.1, -0.05) is 0 Å². The summed E-state index contributed by atoms with van der Waals surface area (Å²) < 4.78 is 5.04. The molecule has 1 unspecified atom stereocenters. The van der Waals surface area contributed by atoms with Gasteiger partial charge in [0.1, 0.15) is 6.61 Å². The lowest BCUT2D eigenvalue weighted by molar-refractivity contribution is -0.126. The predicted molar refractivity (Wildman–Crippen MR) is 64.6 cm³/mol. The van der Waals surface area contributed by atoms with Crippen molar-refractivity contribution >= 4 is 17.2 Å². The smallest absolute Gasteiger partial charge is 0.246 e. The fourth-order valence-corrected chi connectivity index (χ4v) is 2.42. The molecule has 0 saturated heterocycles. The molecule has 0 aromatic carbocycles. The zero-order valence-electron chi connectivity index (χ0n) is 10.2. The van der Waals surface area contributed by atoms with Gasteiger partial charge >= 0.3 is 0 Å². The second-order valence-corrected chi connectivity index (χ2v) is 4.84. The van der Waals surface area contributed by atoms with Crippen LogP contribution in [-0.4, -0.2) is 24.1 Å². The van der Waals surface area contributed by atoms with Crippen LogP contribution in [-0.2, 0) is 9.53 Å². The molecular weight excluding hydrogens is 224 g/mol. The Labute approximate surface area is 100 Å². The maximum Gasteiger partial charge on any atom is 0.246 e. The van der Waals surface area contributed by atoms with E-state index >= 15 is 0 Å². The van der Waals surface area contributed by atoms with Crippen LogP contribution in [0, 0.1) is 13.8 Å². The molecule has 0 bridgehead atoms. The van der Waals surface area contributed by atoms with Gasteiger partial charge in [0.2, 0.25) is 5.91 Å². The molecule has 0 fully saturated rings. The Kier molecular flexibility index (Phi) is 4.89. The molecule has 1 aromatic heterocycles. The number of hydrogen-bond donors (Lipinski definition) is 1. The minimum atomic E-state index is -0.0835. The predicted octanol–water partition coefficient (Wildman–Crippen LogP) is 1.97. The third kappa shape index (κ3) is 3.57. The molecule has 1 amide bonds. The number of nitrogens with one attached hydrogen (secondary N) is 1. The van der Waals surface area contributed by atoms with Crippen LogP contribution in [0.25, 0.3) is 0 Å². The SMILES string of the molecule is CCOCC(=O)NC(C)c1sc(C)nc1C. The van der Waals surface area contributed by atoms with Gasteiger partial charge in [0.05, 0.1) is 16.7 Å². The van der Waals surface area contributed by atoms with E-state index in [1.807, 2.05) is 27.7 Å². The third-order valence-corrected chi connectivity index (χ3v) is 3.40. The number of aromatic nitrogens is 1. The minimum Gasteiger partial charge on any atom is -0.372 e. The van der Waals surface area contributed by atoms with Crippen LogP contribution in [0.15, 0.2) is 0 Å². The number of carbonyl (C=O) groups is 1. The first-order valence-electron chi connectivity index (χ1n) is 5.35. The normalized spacial score (nSPS) is 12.5. The van der Waals surface area contributed by atoms with Gasteiger partial charge in [-0.15, -0.1) is 11.3 Å². The number of amides is 1. The maximum absolute atomic E-state index is 11.5. The molecule has 1 atom stereocenters. The fourth-order valence-electron chi connectivity index (χ4n) is 1.49. The largest absolute Gasteiger partial charge is 0.372 e. The van der Waals surface area contributed by atoms with Crippen molar-refractivity contribution in [3.8, 4) is 0 Å². The Hall–Kier alpha value is -0.940. The van der Waals surface area contributed by atoms with Crippen molar-refractivity contribution in [3.63, 3.8) is 0 Å². The second-order valence-electron chi connectivity index (χ2n) is 3.61. The zero-order valence-corrected chi connectivity index (χ0v) is 11.0. The van der Waals surface area contributed by atoms with Gasteiger partial charge in [-0.25, -0.2) is 4.98 Å². The molecule has 1 heterocycles. The molecule has 0 aliphatic carbocycles. The molecule has 90 valence electrons. The first-order valence-corrected chi connectivity index (χ1v) is 6.17. The van der Waals surface area contributed by atoms with Crippen molar-refractivity contribution in [2.45, 2.75) is 33.7 Å². The standard InChI is InChI=1S/C11H18N2O2S/c1-5-15-6-10(14)13-8(3)11-7(2)12-9(4)16-11/h8H,5-6H2,1-4H3,(H,13,14). The van der Waals surface area contributed by atoms with E-state index in [0.29, 0.717) is 6.61 Å². The van der Waals surface area contributed by atoms with Crippen LogP contribution in [0.3, 0.4) is 0 Å². The van der Waals surface area contributed by atoms with E-state index in [1.165, 1.54) is 0 Å². The van der Waals surface area contributed by atoms with E-state index in [4.69, 9.17) is 4.74 Å². The number of ether oxygens (including phenoxy) is 1. The van der Waals surface area contributed by atoms with Crippen LogP contribution >= 0.6 is 11.3 Å². The van der Waals surface area contributed by atoms with E-state index in [2.05, 4.69) is 10.3 Å². The average Bonchev–Trinajstić information content (AvgIpc) is 2.54. The lowest BCUT2D eigenvalue weighted by atomic mass is 10.2. The number of thiazole rings is 1. The first kappa shape index (κ1) is 13.1. The number of aryl methyl sites for hydroxylation is 2. The summed E-state index contributed by atoms with van der Waals surface area (Å²) >= 11 is 1.62. The highest BCUT2D eigenvalue weighted by molar-refractivity contribution is 7.11. The molecule has 1 aromatic rings. The van der Waals surface area contributed by atoms with E-state index in [9.17, 15) is 4.79 Å². The fraction of sp³-hybridized carbons (Fsp3) is 0.636. The van der Waals surface area contributed by atoms with E-state index in [-0.39, 0.29) is 18.6 Å².